The number of hydrogen-bond acceptors (Lipinski definition) is 3. The second-order valence-corrected chi connectivity index (χ2v) is 6.54. The number of rotatable bonds is 3. The molecule has 0 radical (unpaired) electrons. The number of amides is 1. The van der Waals surface area contributed by atoms with Crippen molar-refractivity contribution < 1.29 is 4.79 Å². The number of carbonyl (C=O) groups excluding carboxylic acids is 1. The molecule has 3 rings (SSSR count). The van der Waals surface area contributed by atoms with Crippen molar-refractivity contribution in [1.29, 1.82) is 0 Å². The van der Waals surface area contributed by atoms with Gasteiger partial charge >= 0.3 is 0 Å². The predicted octanol–water partition coefficient (Wildman–Crippen LogP) is 2.07. The van der Waals surface area contributed by atoms with E-state index in [-0.39, 0.29) is 5.91 Å². The van der Waals surface area contributed by atoms with E-state index in [1.807, 2.05) is 21.8 Å². The minimum atomic E-state index is 0.105. The molecule has 116 valence electrons. The number of piperidine rings is 1. The lowest BCUT2D eigenvalue weighted by molar-refractivity contribution is 0.0723. The van der Waals surface area contributed by atoms with E-state index in [1.165, 1.54) is 6.42 Å². The summed E-state index contributed by atoms with van der Waals surface area (Å²) in [6.45, 7) is 7.30. The Hall–Kier alpha value is -1.36. The first-order chi connectivity index (χ1) is 10.2. The van der Waals surface area contributed by atoms with Crippen molar-refractivity contribution in [3.63, 3.8) is 0 Å². The van der Waals surface area contributed by atoms with E-state index >= 15 is 0 Å². The maximum atomic E-state index is 12.7. The summed E-state index contributed by atoms with van der Waals surface area (Å²) >= 11 is 0. The quantitative estimate of drug-likeness (QED) is 0.927. The van der Waals surface area contributed by atoms with Crippen LogP contribution in [0.25, 0.3) is 0 Å². The number of carbonyl (C=O) groups is 1. The Labute approximate surface area is 126 Å². The van der Waals surface area contributed by atoms with Crippen LogP contribution in [0.15, 0.2) is 12.3 Å². The molecule has 2 aliphatic rings. The van der Waals surface area contributed by atoms with Gasteiger partial charge in [0.05, 0.1) is 6.04 Å². The highest BCUT2D eigenvalue weighted by Crippen LogP contribution is 2.26. The van der Waals surface area contributed by atoms with Crippen molar-refractivity contribution in [3.8, 4) is 0 Å². The second-order valence-electron chi connectivity index (χ2n) is 6.54. The van der Waals surface area contributed by atoms with Crippen LogP contribution >= 0.6 is 0 Å². The van der Waals surface area contributed by atoms with Gasteiger partial charge < -0.3 is 10.2 Å². The van der Waals surface area contributed by atoms with Gasteiger partial charge in [0.1, 0.15) is 5.69 Å². The molecular formula is C16H26N4O. The fourth-order valence-corrected chi connectivity index (χ4v) is 3.65. The molecule has 1 amide bonds. The summed E-state index contributed by atoms with van der Waals surface area (Å²) in [6, 6.07) is 2.65. The van der Waals surface area contributed by atoms with E-state index in [4.69, 9.17) is 0 Å². The van der Waals surface area contributed by atoms with E-state index < -0.39 is 0 Å². The average Bonchev–Trinajstić information content (AvgIpc) is 3.14. The Morgan fingerprint density at radius 3 is 3.10 bits per heavy atom. The molecule has 2 fully saturated rings. The molecule has 1 aromatic rings. The Kier molecular flexibility index (Phi) is 4.29. The third-order valence-corrected chi connectivity index (χ3v) is 4.83. The molecule has 0 bridgehead atoms. The molecule has 5 heteroatoms. The third-order valence-electron chi connectivity index (χ3n) is 4.83. The first-order valence-corrected chi connectivity index (χ1v) is 8.26. The standard InChI is InChI=1S/C16H26N4O/c1-3-13-9-12(2)11-19(13)16(21)15-6-8-20(18-15)14-5-4-7-17-10-14/h6,8,12-14,17H,3-5,7,9-11H2,1-2H3. The molecule has 1 N–H and O–H groups in total. The van der Waals surface area contributed by atoms with Crippen LogP contribution in [0.1, 0.15) is 56.1 Å². The average molecular weight is 290 g/mol. The first-order valence-electron chi connectivity index (χ1n) is 8.26. The normalized spacial score (nSPS) is 29.8. The van der Waals surface area contributed by atoms with Gasteiger partial charge in [0.15, 0.2) is 0 Å². The summed E-state index contributed by atoms with van der Waals surface area (Å²) in [5.41, 5.74) is 0.605. The summed E-state index contributed by atoms with van der Waals surface area (Å²) in [5, 5.41) is 7.95. The highest BCUT2D eigenvalue weighted by Gasteiger charge is 2.33. The first kappa shape index (κ1) is 14.6. The largest absolute Gasteiger partial charge is 0.334 e. The van der Waals surface area contributed by atoms with E-state index in [0.717, 1.165) is 38.9 Å². The lowest BCUT2D eigenvalue weighted by atomic mass is 10.1. The maximum absolute atomic E-state index is 12.7. The van der Waals surface area contributed by atoms with Gasteiger partial charge in [-0.05, 0) is 44.2 Å². The van der Waals surface area contributed by atoms with Crippen LogP contribution in [0.3, 0.4) is 0 Å². The van der Waals surface area contributed by atoms with E-state index in [0.29, 0.717) is 23.7 Å². The van der Waals surface area contributed by atoms with Gasteiger partial charge in [-0.1, -0.05) is 13.8 Å². The summed E-state index contributed by atoms with van der Waals surface area (Å²) < 4.78 is 1.97. The summed E-state index contributed by atoms with van der Waals surface area (Å²) in [4.78, 5) is 14.7. The molecule has 0 aliphatic carbocycles. The zero-order chi connectivity index (χ0) is 14.8. The number of likely N-dealkylation sites (tertiary alicyclic amines) is 1. The summed E-state index contributed by atoms with van der Waals surface area (Å²) in [7, 11) is 0. The lowest BCUT2D eigenvalue weighted by Crippen LogP contribution is -2.36. The van der Waals surface area contributed by atoms with Crippen LogP contribution in [0.2, 0.25) is 0 Å². The SMILES string of the molecule is CCC1CC(C)CN1C(=O)c1ccn(C2CCCNC2)n1. The zero-order valence-electron chi connectivity index (χ0n) is 13.1. The number of nitrogens with one attached hydrogen (secondary N) is 1. The van der Waals surface area contributed by atoms with Gasteiger partial charge in [-0.3, -0.25) is 9.48 Å². The molecule has 2 aliphatic heterocycles. The monoisotopic (exact) mass is 290 g/mol. The lowest BCUT2D eigenvalue weighted by Gasteiger charge is -2.24. The van der Waals surface area contributed by atoms with Crippen LogP contribution in [-0.2, 0) is 0 Å². The third kappa shape index (κ3) is 2.98. The molecule has 3 heterocycles. The van der Waals surface area contributed by atoms with Crippen LogP contribution in [-0.4, -0.2) is 46.3 Å². The highest BCUT2D eigenvalue weighted by atomic mass is 16.2. The van der Waals surface area contributed by atoms with Gasteiger partial charge in [-0.25, -0.2) is 0 Å². The molecule has 5 nitrogen and oxygen atoms in total. The minimum Gasteiger partial charge on any atom is -0.334 e. The van der Waals surface area contributed by atoms with Crippen molar-refractivity contribution >= 4 is 5.91 Å². The van der Waals surface area contributed by atoms with Gasteiger partial charge in [-0.2, -0.15) is 5.10 Å². The van der Waals surface area contributed by atoms with Crippen LogP contribution < -0.4 is 5.32 Å². The Morgan fingerprint density at radius 1 is 1.52 bits per heavy atom. The van der Waals surface area contributed by atoms with Gasteiger partial charge in [0.25, 0.3) is 5.91 Å². The van der Waals surface area contributed by atoms with E-state index in [2.05, 4.69) is 24.3 Å². The number of aromatic nitrogens is 2. The predicted molar refractivity (Wildman–Crippen MR) is 82.3 cm³/mol. The Bertz CT molecular complexity index is 492. The maximum Gasteiger partial charge on any atom is 0.274 e. The van der Waals surface area contributed by atoms with Crippen LogP contribution in [0.4, 0.5) is 0 Å². The Balaban J connectivity index is 1.71. The van der Waals surface area contributed by atoms with Crippen molar-refractivity contribution in [1.82, 2.24) is 20.0 Å². The molecule has 1 aromatic heterocycles. The fraction of sp³-hybridized carbons (Fsp3) is 0.750. The molecule has 0 spiro atoms. The topological polar surface area (TPSA) is 50.2 Å². The molecule has 0 aromatic carbocycles. The fourth-order valence-electron chi connectivity index (χ4n) is 3.65. The molecule has 3 atom stereocenters. The van der Waals surface area contributed by atoms with Crippen LogP contribution in [0, 0.1) is 5.92 Å². The van der Waals surface area contributed by atoms with Crippen molar-refractivity contribution in [2.24, 2.45) is 5.92 Å². The Morgan fingerprint density at radius 2 is 2.38 bits per heavy atom. The molecule has 0 saturated carbocycles. The molecule has 21 heavy (non-hydrogen) atoms. The molecular weight excluding hydrogens is 264 g/mol. The zero-order valence-corrected chi connectivity index (χ0v) is 13.1. The van der Waals surface area contributed by atoms with Gasteiger partial charge in [0, 0.05) is 25.3 Å². The summed E-state index contributed by atoms with van der Waals surface area (Å²) in [6.07, 6.45) is 6.43. The van der Waals surface area contributed by atoms with Crippen molar-refractivity contribution in [2.45, 2.75) is 51.6 Å². The number of hydrogen-bond donors (Lipinski definition) is 1. The second kappa shape index (κ2) is 6.18. The molecule has 2 saturated heterocycles. The molecule has 3 unspecified atom stereocenters. The van der Waals surface area contributed by atoms with Gasteiger partial charge in [-0.15, -0.1) is 0 Å². The van der Waals surface area contributed by atoms with E-state index in [9.17, 15) is 4.79 Å². The smallest absolute Gasteiger partial charge is 0.274 e. The van der Waals surface area contributed by atoms with Crippen molar-refractivity contribution in [3.05, 3.63) is 18.0 Å². The summed E-state index contributed by atoms with van der Waals surface area (Å²) in [5.74, 6) is 0.706. The minimum absolute atomic E-state index is 0.105. The van der Waals surface area contributed by atoms with E-state index in [1.54, 1.807) is 0 Å². The van der Waals surface area contributed by atoms with Gasteiger partial charge in [0.2, 0.25) is 0 Å². The van der Waals surface area contributed by atoms with Crippen molar-refractivity contribution in [2.75, 3.05) is 19.6 Å². The van der Waals surface area contributed by atoms with Crippen LogP contribution in [0.5, 0.6) is 0 Å². The highest BCUT2D eigenvalue weighted by molar-refractivity contribution is 5.92. The number of nitrogens with zero attached hydrogens (tertiary/aromatic N) is 3.